The molecule has 0 radical (unpaired) electrons. The highest BCUT2D eigenvalue weighted by molar-refractivity contribution is 7.89. The van der Waals surface area contributed by atoms with Crippen LogP contribution < -0.4 is 4.74 Å². The standard InChI is InChI=1S/C16H19N5O3S2/c1-11-9-19-20(2)16(11)26(22,23)21-6-3-12(4-7-21)24-15-14-13(5-8-25-14)17-10-18-15/h5,8-10,12H,3-4,6-7H2,1-2H3. The second-order valence-electron chi connectivity index (χ2n) is 6.29. The molecule has 1 saturated heterocycles. The van der Waals surface area contributed by atoms with Gasteiger partial charge in [0, 0.05) is 25.7 Å². The van der Waals surface area contributed by atoms with E-state index in [-0.39, 0.29) is 11.1 Å². The van der Waals surface area contributed by atoms with Crippen molar-refractivity contribution in [2.75, 3.05) is 13.1 Å². The lowest BCUT2D eigenvalue weighted by atomic mass is 10.1. The van der Waals surface area contributed by atoms with Crippen LogP contribution in [0.5, 0.6) is 5.88 Å². The molecule has 1 aliphatic heterocycles. The van der Waals surface area contributed by atoms with Crippen molar-refractivity contribution in [3.05, 3.63) is 29.5 Å². The molecule has 0 N–H and O–H groups in total. The van der Waals surface area contributed by atoms with Crippen LogP contribution in [0.3, 0.4) is 0 Å². The molecule has 0 bridgehead atoms. The number of nitrogens with zero attached hydrogens (tertiary/aromatic N) is 5. The lowest BCUT2D eigenvalue weighted by Gasteiger charge is -2.31. The summed E-state index contributed by atoms with van der Waals surface area (Å²) in [7, 11) is -1.90. The van der Waals surface area contributed by atoms with Crippen LogP contribution in [0.4, 0.5) is 0 Å². The molecule has 4 rings (SSSR count). The van der Waals surface area contributed by atoms with E-state index in [4.69, 9.17) is 4.74 Å². The van der Waals surface area contributed by atoms with Crippen LogP contribution in [0.1, 0.15) is 18.4 Å². The predicted octanol–water partition coefficient (Wildman–Crippen LogP) is 1.97. The second-order valence-corrected chi connectivity index (χ2v) is 9.06. The van der Waals surface area contributed by atoms with E-state index in [2.05, 4.69) is 15.1 Å². The van der Waals surface area contributed by atoms with E-state index in [1.807, 2.05) is 11.4 Å². The van der Waals surface area contributed by atoms with Crippen molar-refractivity contribution in [2.24, 2.45) is 7.05 Å². The summed E-state index contributed by atoms with van der Waals surface area (Å²) in [5.41, 5.74) is 1.53. The van der Waals surface area contributed by atoms with Crippen LogP contribution in [0, 0.1) is 6.92 Å². The average Bonchev–Trinajstić information content (AvgIpc) is 3.22. The minimum atomic E-state index is -3.55. The molecule has 0 saturated carbocycles. The summed E-state index contributed by atoms with van der Waals surface area (Å²) < 4.78 is 35.7. The zero-order chi connectivity index (χ0) is 18.3. The van der Waals surface area contributed by atoms with E-state index < -0.39 is 10.0 Å². The van der Waals surface area contributed by atoms with E-state index in [0.29, 0.717) is 37.4 Å². The first kappa shape index (κ1) is 17.4. The molecule has 10 heteroatoms. The predicted molar refractivity (Wildman–Crippen MR) is 97.8 cm³/mol. The molecule has 26 heavy (non-hydrogen) atoms. The third-order valence-electron chi connectivity index (χ3n) is 4.53. The summed E-state index contributed by atoms with van der Waals surface area (Å²) in [4.78, 5) is 8.45. The minimum absolute atomic E-state index is 0.0608. The van der Waals surface area contributed by atoms with Crippen molar-refractivity contribution in [3.63, 3.8) is 0 Å². The molecule has 1 fully saturated rings. The fourth-order valence-electron chi connectivity index (χ4n) is 3.23. The Morgan fingerprint density at radius 1 is 1.27 bits per heavy atom. The number of piperidine rings is 1. The second kappa shape index (κ2) is 6.60. The van der Waals surface area contributed by atoms with Gasteiger partial charge in [-0.3, -0.25) is 4.68 Å². The van der Waals surface area contributed by atoms with E-state index in [1.165, 1.54) is 15.3 Å². The van der Waals surface area contributed by atoms with Crippen LogP contribution in [-0.2, 0) is 17.1 Å². The summed E-state index contributed by atoms with van der Waals surface area (Å²) >= 11 is 1.54. The van der Waals surface area contributed by atoms with Crippen molar-refractivity contribution in [1.82, 2.24) is 24.1 Å². The summed E-state index contributed by atoms with van der Waals surface area (Å²) in [6.45, 7) is 2.59. The highest BCUT2D eigenvalue weighted by atomic mass is 32.2. The number of thiophene rings is 1. The summed E-state index contributed by atoms with van der Waals surface area (Å²) in [6.07, 6.45) is 4.24. The number of aryl methyl sites for hydroxylation is 2. The molecule has 4 heterocycles. The maximum atomic E-state index is 12.9. The van der Waals surface area contributed by atoms with Gasteiger partial charge in [0.05, 0.1) is 11.7 Å². The molecule has 138 valence electrons. The molecule has 0 atom stereocenters. The fraction of sp³-hybridized carbons (Fsp3) is 0.438. The lowest BCUT2D eigenvalue weighted by Crippen LogP contribution is -2.42. The van der Waals surface area contributed by atoms with Crippen molar-refractivity contribution < 1.29 is 13.2 Å². The van der Waals surface area contributed by atoms with Gasteiger partial charge in [-0.1, -0.05) is 0 Å². The number of rotatable bonds is 4. The van der Waals surface area contributed by atoms with E-state index >= 15 is 0 Å². The van der Waals surface area contributed by atoms with Gasteiger partial charge < -0.3 is 4.74 Å². The van der Waals surface area contributed by atoms with Crippen molar-refractivity contribution >= 4 is 31.6 Å². The van der Waals surface area contributed by atoms with Crippen LogP contribution in [-0.4, -0.2) is 51.7 Å². The largest absolute Gasteiger partial charge is 0.473 e. The highest BCUT2D eigenvalue weighted by Gasteiger charge is 2.33. The Balaban J connectivity index is 1.47. The maximum absolute atomic E-state index is 12.9. The Labute approximate surface area is 155 Å². The molecule has 3 aromatic rings. The molecule has 0 aliphatic carbocycles. The molecule has 0 aromatic carbocycles. The van der Waals surface area contributed by atoms with Crippen molar-refractivity contribution in [1.29, 1.82) is 0 Å². The third kappa shape index (κ3) is 2.97. The summed E-state index contributed by atoms with van der Waals surface area (Å²) in [5.74, 6) is 0.578. The Morgan fingerprint density at radius 3 is 2.73 bits per heavy atom. The Hall–Kier alpha value is -2.04. The number of hydrogen-bond donors (Lipinski definition) is 0. The Morgan fingerprint density at radius 2 is 2.04 bits per heavy atom. The third-order valence-corrected chi connectivity index (χ3v) is 7.54. The first-order chi connectivity index (χ1) is 12.5. The van der Waals surface area contributed by atoms with Crippen LogP contribution in [0.25, 0.3) is 10.2 Å². The molecular weight excluding hydrogens is 374 g/mol. The van der Waals surface area contributed by atoms with Gasteiger partial charge in [-0.25, -0.2) is 18.4 Å². The lowest BCUT2D eigenvalue weighted by molar-refractivity contribution is 0.131. The normalized spacial score (nSPS) is 17.0. The van der Waals surface area contributed by atoms with Gasteiger partial charge >= 0.3 is 0 Å². The summed E-state index contributed by atoms with van der Waals surface area (Å²) in [6, 6.07) is 1.93. The zero-order valence-corrected chi connectivity index (χ0v) is 16.1. The highest BCUT2D eigenvalue weighted by Crippen LogP contribution is 2.30. The number of hydrogen-bond acceptors (Lipinski definition) is 7. The average molecular weight is 393 g/mol. The van der Waals surface area contributed by atoms with Crippen molar-refractivity contribution in [2.45, 2.75) is 30.9 Å². The van der Waals surface area contributed by atoms with Gasteiger partial charge in [0.2, 0.25) is 5.88 Å². The van der Waals surface area contributed by atoms with E-state index in [1.54, 1.807) is 31.5 Å². The molecule has 3 aromatic heterocycles. The van der Waals surface area contributed by atoms with Gasteiger partial charge in [-0.05, 0) is 31.2 Å². The van der Waals surface area contributed by atoms with Gasteiger partial charge in [0.1, 0.15) is 17.1 Å². The zero-order valence-electron chi connectivity index (χ0n) is 14.5. The molecule has 0 amide bonds. The Bertz CT molecular complexity index is 1020. The topological polar surface area (TPSA) is 90.2 Å². The van der Waals surface area contributed by atoms with Crippen molar-refractivity contribution in [3.8, 4) is 5.88 Å². The van der Waals surface area contributed by atoms with Gasteiger partial charge in [-0.2, -0.15) is 9.40 Å². The first-order valence-electron chi connectivity index (χ1n) is 8.30. The number of sulfonamides is 1. The maximum Gasteiger partial charge on any atom is 0.260 e. The number of aromatic nitrogens is 4. The van der Waals surface area contributed by atoms with Gasteiger partial charge in [0.25, 0.3) is 10.0 Å². The molecular formula is C16H19N5O3S2. The SMILES string of the molecule is Cc1cnn(C)c1S(=O)(=O)N1CCC(Oc2ncnc3ccsc23)CC1. The quantitative estimate of drug-likeness (QED) is 0.673. The minimum Gasteiger partial charge on any atom is -0.473 e. The smallest absolute Gasteiger partial charge is 0.260 e. The van der Waals surface area contributed by atoms with Crippen LogP contribution in [0.2, 0.25) is 0 Å². The fourth-order valence-corrected chi connectivity index (χ4v) is 5.78. The van der Waals surface area contributed by atoms with Crippen LogP contribution in [0.15, 0.2) is 29.0 Å². The molecule has 1 aliphatic rings. The number of fused-ring (bicyclic) bond motifs is 1. The number of ether oxygens (including phenoxy) is 1. The monoisotopic (exact) mass is 393 g/mol. The molecule has 0 unspecified atom stereocenters. The molecule has 8 nitrogen and oxygen atoms in total. The first-order valence-corrected chi connectivity index (χ1v) is 10.6. The van der Waals surface area contributed by atoms with E-state index in [9.17, 15) is 8.42 Å². The summed E-state index contributed by atoms with van der Waals surface area (Å²) in [5, 5.41) is 6.26. The molecule has 0 spiro atoms. The van der Waals surface area contributed by atoms with Gasteiger partial charge in [0.15, 0.2) is 5.03 Å². The van der Waals surface area contributed by atoms with Crippen LogP contribution >= 0.6 is 11.3 Å². The van der Waals surface area contributed by atoms with Gasteiger partial charge in [-0.15, -0.1) is 11.3 Å². The Kier molecular flexibility index (Phi) is 4.41. The van der Waals surface area contributed by atoms with E-state index in [0.717, 1.165) is 10.2 Å².